The Bertz CT molecular complexity index is 312. The molecule has 0 aliphatic carbocycles. The van der Waals surface area contributed by atoms with E-state index < -0.39 is 50.0 Å². The van der Waals surface area contributed by atoms with Gasteiger partial charge in [0.05, 0.1) is 6.61 Å². The molecule has 0 aromatic rings. The molecule has 1 saturated heterocycles. The average molecular weight is 224 g/mol. The van der Waals surface area contributed by atoms with Gasteiger partial charge >= 0.3 is 0 Å². The Morgan fingerprint density at radius 1 is 1.47 bits per heavy atom. The van der Waals surface area contributed by atoms with Crippen LogP contribution in [0.5, 0.6) is 0 Å². The molecule has 15 heavy (non-hydrogen) atoms. The molecule has 0 radical (unpaired) electrons. The number of hydrogen-bond acceptors (Lipinski definition) is 6. The number of hydrogen-bond donors (Lipinski definition) is 5. The van der Waals surface area contributed by atoms with Crippen molar-refractivity contribution in [2.24, 2.45) is 0 Å². The molecule has 7 heteroatoms. The molecule has 1 aliphatic heterocycles. The Hall–Kier alpha value is -0.730. The molecule has 1 fully saturated rings. The van der Waals surface area contributed by atoms with E-state index in [1.165, 1.54) is 0 Å². The zero-order valence-electron chi connectivity index (χ0n) is 10.7. The highest BCUT2D eigenvalue weighted by Crippen LogP contribution is 2.19. The van der Waals surface area contributed by atoms with Crippen molar-refractivity contribution < 1.29 is 34.1 Å². The van der Waals surface area contributed by atoms with Gasteiger partial charge in [-0.1, -0.05) is 0 Å². The third kappa shape index (κ3) is 2.64. The van der Waals surface area contributed by atoms with Crippen molar-refractivity contribution in [3.63, 3.8) is 0 Å². The van der Waals surface area contributed by atoms with Gasteiger partial charge < -0.3 is 30.5 Å². The third-order valence-electron chi connectivity index (χ3n) is 2.20. The summed E-state index contributed by atoms with van der Waals surface area (Å²) in [4.78, 5) is 11.2. The topological polar surface area (TPSA) is 119 Å². The highest BCUT2D eigenvalue weighted by atomic mass is 16.6. The van der Waals surface area contributed by atoms with Crippen LogP contribution in [0, 0.1) is 0 Å². The summed E-state index contributed by atoms with van der Waals surface area (Å²) in [5, 5.41) is 39.3. The normalized spacial score (nSPS) is 45.1. The fourth-order valence-corrected chi connectivity index (χ4v) is 1.40. The first-order valence-electron chi connectivity index (χ1n) is 5.80. The lowest BCUT2D eigenvalue weighted by atomic mass is 9.97. The molecule has 0 spiro atoms. The predicted molar refractivity (Wildman–Crippen MR) is 47.6 cm³/mol. The van der Waals surface area contributed by atoms with Crippen LogP contribution in [0.15, 0.2) is 0 Å². The minimum Gasteiger partial charge on any atom is -0.394 e. The van der Waals surface area contributed by atoms with Crippen molar-refractivity contribution in [1.82, 2.24) is 5.32 Å². The molecule has 1 heterocycles. The Balaban J connectivity index is 2.74. The van der Waals surface area contributed by atoms with Gasteiger partial charge in [0.1, 0.15) is 24.4 Å². The molecule has 0 saturated carbocycles. The van der Waals surface area contributed by atoms with Gasteiger partial charge in [-0.2, -0.15) is 0 Å². The number of rotatable bonds is 2. The van der Waals surface area contributed by atoms with E-state index in [4.69, 9.17) is 14.0 Å². The fraction of sp³-hybridized carbons (Fsp3) is 0.875. The van der Waals surface area contributed by atoms with Crippen molar-refractivity contribution in [3.8, 4) is 0 Å². The quantitative estimate of drug-likeness (QED) is 0.339. The molecule has 1 amide bonds. The summed E-state index contributed by atoms with van der Waals surface area (Å²) in [7, 11) is 0. The van der Waals surface area contributed by atoms with Crippen LogP contribution >= 0.6 is 0 Å². The zero-order chi connectivity index (χ0) is 14.1. The maximum Gasteiger partial charge on any atom is 0.217 e. The number of aliphatic hydroxyl groups is 4. The lowest BCUT2D eigenvalue weighted by Crippen LogP contribution is -2.63. The Kier molecular flexibility index (Phi) is 2.73. The molecular formula is C8H15NO6. The summed E-state index contributed by atoms with van der Waals surface area (Å²) in [5.74, 6) is -1.39. The first-order valence-corrected chi connectivity index (χ1v) is 4.30. The molecule has 0 aromatic carbocycles. The molecule has 88 valence electrons. The minimum absolute atomic E-state index is 0.644. The third-order valence-corrected chi connectivity index (χ3v) is 2.20. The van der Waals surface area contributed by atoms with Crippen LogP contribution in [0.1, 0.15) is 11.0 Å². The standard InChI is InChI=1S/C8H15NO6/c1-3(11)9-5-7(13)6(12)4(2-10)15-8(5)14/h4-8,10,12-14H,2H2,1H3,(H,9,11)/i1D3. The van der Waals surface area contributed by atoms with E-state index in [2.05, 4.69) is 0 Å². The van der Waals surface area contributed by atoms with E-state index in [1.54, 1.807) is 0 Å². The van der Waals surface area contributed by atoms with Crippen LogP contribution in [-0.4, -0.2) is 63.6 Å². The van der Waals surface area contributed by atoms with Gasteiger partial charge in [-0.15, -0.1) is 0 Å². The molecule has 5 atom stereocenters. The first-order chi connectivity index (χ1) is 8.18. The van der Waals surface area contributed by atoms with E-state index in [9.17, 15) is 20.1 Å². The van der Waals surface area contributed by atoms with Gasteiger partial charge in [0.2, 0.25) is 5.91 Å². The number of amides is 1. The summed E-state index contributed by atoms with van der Waals surface area (Å²) in [6.07, 6.45) is -6.15. The van der Waals surface area contributed by atoms with Gasteiger partial charge in [-0.05, 0) is 0 Å². The highest BCUT2D eigenvalue weighted by Gasteiger charge is 2.43. The lowest BCUT2D eigenvalue weighted by Gasteiger charge is -2.40. The Morgan fingerprint density at radius 3 is 2.67 bits per heavy atom. The summed E-state index contributed by atoms with van der Waals surface area (Å²) in [6.45, 7) is -3.59. The van der Waals surface area contributed by atoms with Crippen LogP contribution in [0.25, 0.3) is 0 Å². The summed E-state index contributed by atoms with van der Waals surface area (Å²) >= 11 is 0. The summed E-state index contributed by atoms with van der Waals surface area (Å²) < 4.78 is 25.2. The van der Waals surface area contributed by atoms with Gasteiger partial charge in [0, 0.05) is 11.0 Å². The largest absolute Gasteiger partial charge is 0.394 e. The first kappa shape index (κ1) is 8.43. The van der Waals surface area contributed by atoms with Crippen molar-refractivity contribution in [3.05, 3.63) is 0 Å². The monoisotopic (exact) mass is 224 g/mol. The van der Waals surface area contributed by atoms with Crippen LogP contribution in [0.2, 0.25) is 0 Å². The highest BCUT2D eigenvalue weighted by molar-refractivity contribution is 5.73. The minimum atomic E-state index is -2.95. The van der Waals surface area contributed by atoms with Crippen LogP contribution in [0.4, 0.5) is 0 Å². The van der Waals surface area contributed by atoms with Crippen molar-refractivity contribution in [2.75, 3.05) is 6.61 Å². The number of aliphatic hydroxyl groups excluding tert-OH is 4. The van der Waals surface area contributed by atoms with Crippen molar-refractivity contribution in [2.45, 2.75) is 37.5 Å². The molecule has 0 bridgehead atoms. The second kappa shape index (κ2) is 4.86. The zero-order valence-corrected chi connectivity index (χ0v) is 7.70. The second-order valence-corrected chi connectivity index (χ2v) is 3.23. The van der Waals surface area contributed by atoms with Crippen LogP contribution < -0.4 is 5.32 Å². The number of carbonyl (C=O) groups is 1. The maximum absolute atomic E-state index is 11.2. The number of nitrogens with one attached hydrogen (secondary N) is 1. The van der Waals surface area contributed by atoms with Gasteiger partial charge in [0.15, 0.2) is 6.29 Å². The van der Waals surface area contributed by atoms with Crippen molar-refractivity contribution in [1.29, 1.82) is 0 Å². The predicted octanol–water partition coefficient (Wildman–Crippen LogP) is -3.08. The van der Waals surface area contributed by atoms with Crippen molar-refractivity contribution >= 4 is 5.91 Å². The second-order valence-electron chi connectivity index (χ2n) is 3.23. The van der Waals surface area contributed by atoms with E-state index in [-0.39, 0.29) is 0 Å². The van der Waals surface area contributed by atoms with Crippen LogP contribution in [0.3, 0.4) is 0 Å². The molecule has 1 aliphatic rings. The molecule has 0 aromatic heterocycles. The summed E-state index contributed by atoms with van der Waals surface area (Å²) in [6, 6.07) is -1.49. The molecule has 1 rings (SSSR count). The SMILES string of the molecule is [2H]C([2H])([2H])C(=O)NC1C(O)OC(CO)C(O)C1O. The molecular weight excluding hydrogens is 206 g/mol. The summed E-state index contributed by atoms with van der Waals surface area (Å²) in [5.41, 5.74) is 0. The average Bonchev–Trinajstić information content (AvgIpc) is 2.27. The van der Waals surface area contributed by atoms with E-state index >= 15 is 0 Å². The number of ether oxygens (including phenoxy) is 1. The maximum atomic E-state index is 11.2. The van der Waals surface area contributed by atoms with Gasteiger partial charge in [-0.3, -0.25) is 4.79 Å². The Labute approximate surface area is 90.5 Å². The number of carbonyl (C=O) groups excluding carboxylic acids is 1. The smallest absolute Gasteiger partial charge is 0.217 e. The molecule has 5 N–H and O–H groups in total. The Morgan fingerprint density at radius 2 is 2.13 bits per heavy atom. The van der Waals surface area contributed by atoms with E-state index in [0.29, 0.717) is 0 Å². The van der Waals surface area contributed by atoms with Gasteiger partial charge in [-0.25, -0.2) is 0 Å². The van der Waals surface area contributed by atoms with E-state index in [1.807, 2.05) is 5.32 Å². The molecule has 7 nitrogen and oxygen atoms in total. The van der Waals surface area contributed by atoms with Gasteiger partial charge in [0.25, 0.3) is 0 Å². The lowest BCUT2D eigenvalue weighted by molar-refractivity contribution is -0.253. The molecule has 5 unspecified atom stereocenters. The fourth-order valence-electron chi connectivity index (χ4n) is 1.40. The van der Waals surface area contributed by atoms with Crippen LogP contribution in [-0.2, 0) is 9.53 Å². The van der Waals surface area contributed by atoms with E-state index in [0.717, 1.165) is 0 Å².